The van der Waals surface area contributed by atoms with Crippen molar-refractivity contribution in [1.82, 2.24) is 0 Å². The molecule has 0 amide bonds. The van der Waals surface area contributed by atoms with Gasteiger partial charge in [-0.2, -0.15) is 0 Å². The van der Waals surface area contributed by atoms with Gasteiger partial charge < -0.3 is 10.4 Å². The Balaban J connectivity index is 1.84. The number of carboxylic acid groups (broad SMARTS) is 1. The van der Waals surface area contributed by atoms with E-state index in [1.54, 1.807) is 12.1 Å². The molecule has 1 heterocycles. The lowest BCUT2D eigenvalue weighted by molar-refractivity contribution is 0.0697. The lowest BCUT2D eigenvalue weighted by atomic mass is 9.94. The maximum atomic E-state index is 10.9. The SMILES string of the molecule is O=C(O)c1ccc(NC2CCCc3sccc32)c(Br)c1. The first kappa shape index (κ1) is 13.6. The van der Waals surface area contributed by atoms with E-state index in [9.17, 15) is 4.79 Å². The first-order chi connectivity index (χ1) is 9.65. The number of aryl methyl sites for hydroxylation is 1. The Morgan fingerprint density at radius 3 is 3.00 bits per heavy atom. The molecule has 1 atom stereocenters. The number of carboxylic acids is 1. The molecule has 1 aliphatic rings. The van der Waals surface area contributed by atoms with Gasteiger partial charge in [0.2, 0.25) is 0 Å². The number of nitrogens with one attached hydrogen (secondary N) is 1. The molecule has 0 bridgehead atoms. The number of rotatable bonds is 3. The monoisotopic (exact) mass is 351 g/mol. The van der Waals surface area contributed by atoms with Crippen LogP contribution in [0.3, 0.4) is 0 Å². The summed E-state index contributed by atoms with van der Waals surface area (Å²) in [5, 5.41) is 14.7. The third-order valence-corrected chi connectivity index (χ3v) is 5.25. The number of hydrogen-bond donors (Lipinski definition) is 2. The number of fused-ring (bicyclic) bond motifs is 1. The van der Waals surface area contributed by atoms with Crippen molar-refractivity contribution in [3.8, 4) is 0 Å². The van der Waals surface area contributed by atoms with Gasteiger partial charge in [0.15, 0.2) is 0 Å². The van der Waals surface area contributed by atoms with E-state index in [2.05, 4.69) is 32.7 Å². The van der Waals surface area contributed by atoms with E-state index in [0.29, 0.717) is 11.6 Å². The van der Waals surface area contributed by atoms with Crippen molar-refractivity contribution < 1.29 is 9.90 Å². The van der Waals surface area contributed by atoms with Gasteiger partial charge in [0, 0.05) is 15.0 Å². The number of halogens is 1. The van der Waals surface area contributed by atoms with E-state index in [1.165, 1.54) is 23.3 Å². The van der Waals surface area contributed by atoms with E-state index in [4.69, 9.17) is 5.11 Å². The number of carbonyl (C=O) groups is 1. The fourth-order valence-electron chi connectivity index (χ4n) is 2.59. The number of thiophene rings is 1. The summed E-state index contributed by atoms with van der Waals surface area (Å²) in [5.41, 5.74) is 2.62. The molecule has 0 fully saturated rings. The van der Waals surface area contributed by atoms with Gasteiger partial charge in [0.1, 0.15) is 0 Å². The van der Waals surface area contributed by atoms with E-state index in [-0.39, 0.29) is 0 Å². The Bertz CT molecular complexity index is 653. The smallest absolute Gasteiger partial charge is 0.335 e. The molecule has 0 aliphatic heterocycles. The summed E-state index contributed by atoms with van der Waals surface area (Å²) >= 11 is 5.27. The third kappa shape index (κ3) is 2.60. The summed E-state index contributed by atoms with van der Waals surface area (Å²) in [6.07, 6.45) is 3.47. The molecule has 1 aromatic carbocycles. The van der Waals surface area contributed by atoms with Gasteiger partial charge in [-0.3, -0.25) is 0 Å². The van der Waals surface area contributed by atoms with Crippen LogP contribution < -0.4 is 5.32 Å². The van der Waals surface area contributed by atoms with E-state index < -0.39 is 5.97 Å². The van der Waals surface area contributed by atoms with Crippen LogP contribution in [0.5, 0.6) is 0 Å². The Morgan fingerprint density at radius 1 is 1.40 bits per heavy atom. The van der Waals surface area contributed by atoms with Gasteiger partial charge >= 0.3 is 5.97 Å². The van der Waals surface area contributed by atoms with Crippen LogP contribution in [-0.4, -0.2) is 11.1 Å². The molecular weight excluding hydrogens is 338 g/mol. The highest BCUT2D eigenvalue weighted by Crippen LogP contribution is 2.37. The van der Waals surface area contributed by atoms with Crippen LogP contribution in [0, 0.1) is 0 Å². The highest BCUT2D eigenvalue weighted by Gasteiger charge is 2.21. The first-order valence-corrected chi connectivity index (χ1v) is 8.18. The minimum absolute atomic E-state index is 0.294. The second kappa shape index (κ2) is 5.58. The molecule has 2 N–H and O–H groups in total. The van der Waals surface area contributed by atoms with Crippen LogP contribution in [0.4, 0.5) is 5.69 Å². The zero-order chi connectivity index (χ0) is 14.1. The molecule has 3 rings (SSSR count). The predicted molar refractivity (Wildman–Crippen MR) is 84.7 cm³/mol. The normalized spacial score (nSPS) is 17.6. The molecule has 20 heavy (non-hydrogen) atoms. The van der Waals surface area contributed by atoms with Gasteiger partial charge in [-0.25, -0.2) is 4.79 Å². The second-order valence-corrected chi connectivity index (χ2v) is 6.74. The summed E-state index contributed by atoms with van der Waals surface area (Å²) in [7, 11) is 0. The fourth-order valence-corrected chi connectivity index (χ4v) is 4.07. The van der Waals surface area contributed by atoms with Gasteiger partial charge in [0.05, 0.1) is 11.6 Å². The van der Waals surface area contributed by atoms with Gasteiger partial charge in [-0.15, -0.1) is 11.3 Å². The van der Waals surface area contributed by atoms with Crippen molar-refractivity contribution in [1.29, 1.82) is 0 Å². The minimum atomic E-state index is -0.907. The van der Waals surface area contributed by atoms with Gasteiger partial charge in [0.25, 0.3) is 0 Å². The maximum absolute atomic E-state index is 10.9. The summed E-state index contributed by atoms with van der Waals surface area (Å²) in [6, 6.07) is 7.61. The molecule has 0 saturated carbocycles. The average molecular weight is 352 g/mol. The Labute approximate surface area is 129 Å². The van der Waals surface area contributed by atoms with Gasteiger partial charge in [-0.1, -0.05) is 0 Å². The number of benzene rings is 1. The molecule has 2 aromatic rings. The quantitative estimate of drug-likeness (QED) is 0.842. The van der Waals surface area contributed by atoms with Crippen molar-refractivity contribution in [3.63, 3.8) is 0 Å². The topological polar surface area (TPSA) is 49.3 Å². The number of anilines is 1. The molecule has 0 radical (unpaired) electrons. The van der Waals surface area contributed by atoms with Crippen LogP contribution in [0.2, 0.25) is 0 Å². The molecule has 0 spiro atoms. The van der Waals surface area contributed by atoms with Crippen LogP contribution in [-0.2, 0) is 6.42 Å². The highest BCUT2D eigenvalue weighted by atomic mass is 79.9. The molecule has 1 unspecified atom stereocenters. The highest BCUT2D eigenvalue weighted by molar-refractivity contribution is 9.10. The summed E-state index contributed by atoms with van der Waals surface area (Å²) in [5.74, 6) is -0.907. The maximum Gasteiger partial charge on any atom is 0.335 e. The van der Waals surface area contributed by atoms with E-state index >= 15 is 0 Å². The first-order valence-electron chi connectivity index (χ1n) is 6.51. The molecule has 1 aromatic heterocycles. The third-order valence-electron chi connectivity index (χ3n) is 3.60. The average Bonchev–Trinajstić information content (AvgIpc) is 2.90. The Morgan fingerprint density at radius 2 is 2.25 bits per heavy atom. The zero-order valence-corrected chi connectivity index (χ0v) is 13.1. The number of hydrogen-bond acceptors (Lipinski definition) is 3. The van der Waals surface area contributed by atoms with Crippen molar-refractivity contribution in [2.24, 2.45) is 0 Å². The van der Waals surface area contributed by atoms with Crippen LogP contribution in [0.1, 0.15) is 39.7 Å². The van der Waals surface area contributed by atoms with Gasteiger partial charge in [-0.05, 0) is 70.4 Å². The van der Waals surface area contributed by atoms with Crippen molar-refractivity contribution in [2.45, 2.75) is 25.3 Å². The van der Waals surface area contributed by atoms with Crippen molar-refractivity contribution in [3.05, 3.63) is 50.1 Å². The lowest BCUT2D eigenvalue weighted by Crippen LogP contribution is -2.16. The number of aromatic carboxylic acids is 1. The fraction of sp³-hybridized carbons (Fsp3) is 0.267. The molecule has 0 saturated heterocycles. The second-order valence-electron chi connectivity index (χ2n) is 4.89. The van der Waals surface area contributed by atoms with Crippen LogP contribution in [0.25, 0.3) is 0 Å². The molecule has 5 heteroatoms. The predicted octanol–water partition coefficient (Wildman–Crippen LogP) is 4.70. The van der Waals surface area contributed by atoms with E-state index in [1.807, 2.05) is 17.4 Å². The Hall–Kier alpha value is -1.33. The van der Waals surface area contributed by atoms with Crippen molar-refractivity contribution in [2.75, 3.05) is 5.32 Å². The molecule has 1 aliphatic carbocycles. The largest absolute Gasteiger partial charge is 0.478 e. The zero-order valence-electron chi connectivity index (χ0n) is 10.7. The molecule has 104 valence electrons. The van der Waals surface area contributed by atoms with E-state index in [0.717, 1.165) is 16.6 Å². The van der Waals surface area contributed by atoms with Crippen LogP contribution >= 0.6 is 27.3 Å². The molecular formula is C15H14BrNO2S. The summed E-state index contributed by atoms with van der Waals surface area (Å²) in [6.45, 7) is 0. The van der Waals surface area contributed by atoms with Crippen LogP contribution in [0.15, 0.2) is 34.1 Å². The minimum Gasteiger partial charge on any atom is -0.478 e. The Kier molecular flexibility index (Phi) is 3.81. The lowest BCUT2D eigenvalue weighted by Gasteiger charge is -2.25. The standard InChI is InChI=1S/C15H14BrNO2S/c16-11-8-9(15(18)19)4-5-13(11)17-12-2-1-3-14-10(12)6-7-20-14/h4-8,12,17H,1-3H2,(H,18,19). The van der Waals surface area contributed by atoms with Crippen molar-refractivity contribution >= 4 is 38.9 Å². The molecule has 3 nitrogen and oxygen atoms in total. The summed E-state index contributed by atoms with van der Waals surface area (Å²) < 4.78 is 0.791. The summed E-state index contributed by atoms with van der Waals surface area (Å²) in [4.78, 5) is 12.4.